The van der Waals surface area contributed by atoms with Gasteiger partial charge >= 0.3 is 5.97 Å². The maximum atomic E-state index is 13.0. The van der Waals surface area contributed by atoms with Crippen molar-refractivity contribution in [2.24, 2.45) is 0 Å². The van der Waals surface area contributed by atoms with E-state index < -0.39 is 41.0 Å². The van der Waals surface area contributed by atoms with Gasteiger partial charge in [-0.15, -0.1) is 0 Å². The number of nitro groups is 1. The van der Waals surface area contributed by atoms with Crippen LogP contribution in [0.25, 0.3) is 0 Å². The molecule has 2 aliphatic rings. The van der Waals surface area contributed by atoms with Crippen LogP contribution < -0.4 is 9.64 Å². The Balaban J connectivity index is 1.93. The number of ether oxygens (including phenoxy) is 4. The molecule has 0 unspecified atom stereocenters. The van der Waals surface area contributed by atoms with Crippen molar-refractivity contribution in [3.8, 4) is 5.75 Å². The van der Waals surface area contributed by atoms with Crippen LogP contribution in [0, 0.1) is 10.1 Å². The molecule has 4 atom stereocenters. The molecule has 0 spiro atoms. The lowest BCUT2D eigenvalue weighted by Crippen LogP contribution is -2.63. The summed E-state index contributed by atoms with van der Waals surface area (Å²) in [6.07, 6.45) is -1.89. The van der Waals surface area contributed by atoms with Gasteiger partial charge in [-0.2, -0.15) is 0 Å². The Hall–Kier alpha value is -3.21. The maximum Gasteiger partial charge on any atom is 0.329 e. The smallest absolute Gasteiger partial charge is 0.329 e. The number of aliphatic hydroxyl groups excluding tert-OH is 1. The zero-order valence-corrected chi connectivity index (χ0v) is 19.5. The van der Waals surface area contributed by atoms with Crippen molar-refractivity contribution in [2.75, 3.05) is 25.7 Å². The molecule has 0 amide bonds. The number of methoxy groups -OCH3 is 2. The third kappa shape index (κ3) is 3.77. The highest BCUT2D eigenvalue weighted by Gasteiger charge is 2.56. The third-order valence-corrected chi connectivity index (χ3v) is 6.51. The van der Waals surface area contributed by atoms with Crippen LogP contribution in [0.5, 0.6) is 5.75 Å². The van der Waals surface area contributed by atoms with E-state index in [1.54, 1.807) is 18.7 Å². The normalized spacial score (nSPS) is 25.5. The van der Waals surface area contributed by atoms with Crippen molar-refractivity contribution in [3.05, 3.63) is 63.7 Å². The van der Waals surface area contributed by atoms with E-state index in [2.05, 4.69) is 0 Å². The van der Waals surface area contributed by atoms with Crippen LogP contribution >= 0.6 is 0 Å². The van der Waals surface area contributed by atoms with Crippen molar-refractivity contribution in [1.82, 2.24) is 0 Å². The van der Waals surface area contributed by atoms with E-state index >= 15 is 0 Å². The van der Waals surface area contributed by atoms with Gasteiger partial charge in [-0.1, -0.05) is 18.2 Å². The molecule has 0 aromatic heterocycles. The van der Waals surface area contributed by atoms with Crippen LogP contribution in [0.15, 0.2) is 42.5 Å². The Morgan fingerprint density at radius 1 is 1.29 bits per heavy atom. The Morgan fingerprint density at radius 2 is 2.00 bits per heavy atom. The Labute approximate surface area is 197 Å². The van der Waals surface area contributed by atoms with Crippen molar-refractivity contribution < 1.29 is 33.8 Å². The highest BCUT2D eigenvalue weighted by molar-refractivity contribution is 5.84. The lowest BCUT2D eigenvalue weighted by Gasteiger charge is -2.50. The molecule has 182 valence electrons. The van der Waals surface area contributed by atoms with Crippen molar-refractivity contribution in [3.63, 3.8) is 0 Å². The van der Waals surface area contributed by atoms with E-state index in [1.807, 2.05) is 24.3 Å². The maximum absolute atomic E-state index is 13.0. The Morgan fingerprint density at radius 3 is 2.65 bits per heavy atom. The van der Waals surface area contributed by atoms with E-state index in [4.69, 9.17) is 18.9 Å². The van der Waals surface area contributed by atoms with Gasteiger partial charge < -0.3 is 29.0 Å². The zero-order chi connectivity index (χ0) is 24.6. The highest BCUT2D eigenvalue weighted by Crippen LogP contribution is 2.50. The van der Waals surface area contributed by atoms with Gasteiger partial charge in [0.25, 0.3) is 5.69 Å². The summed E-state index contributed by atoms with van der Waals surface area (Å²) < 4.78 is 22.4. The van der Waals surface area contributed by atoms with Crippen molar-refractivity contribution >= 4 is 17.3 Å². The Bertz CT molecular complexity index is 1090. The van der Waals surface area contributed by atoms with Crippen molar-refractivity contribution in [2.45, 2.75) is 50.3 Å². The molecule has 2 aromatic rings. The monoisotopic (exact) mass is 472 g/mol. The van der Waals surface area contributed by atoms with Gasteiger partial charge in [0.2, 0.25) is 0 Å². The molecule has 10 nitrogen and oxygen atoms in total. The van der Waals surface area contributed by atoms with E-state index in [0.717, 1.165) is 11.3 Å². The van der Waals surface area contributed by atoms with Crippen LogP contribution in [0.1, 0.15) is 31.0 Å². The average molecular weight is 472 g/mol. The molecule has 2 heterocycles. The van der Waals surface area contributed by atoms with Crippen LogP contribution in [0.3, 0.4) is 0 Å². The number of para-hydroxylation sites is 1. The largest absolute Gasteiger partial charge is 0.479 e. The molecule has 1 N–H and O–H groups in total. The van der Waals surface area contributed by atoms with E-state index in [1.165, 1.54) is 32.4 Å². The van der Waals surface area contributed by atoms with Gasteiger partial charge in [-0.3, -0.25) is 10.1 Å². The first kappa shape index (κ1) is 23.9. The summed E-state index contributed by atoms with van der Waals surface area (Å²) in [4.78, 5) is 25.9. The minimum absolute atomic E-state index is 0.154. The molecular weight excluding hydrogens is 444 g/mol. The number of carbonyl (C=O) groups is 1. The number of fused-ring (bicyclic) bond motifs is 2. The summed E-state index contributed by atoms with van der Waals surface area (Å²) in [5, 5.41) is 23.3. The second-order valence-electron chi connectivity index (χ2n) is 8.47. The molecular formula is C24H28N2O8. The number of anilines is 1. The average Bonchev–Trinajstić information content (AvgIpc) is 3.20. The van der Waals surface area contributed by atoms with E-state index in [-0.39, 0.29) is 12.3 Å². The third-order valence-electron chi connectivity index (χ3n) is 6.51. The lowest BCUT2D eigenvalue weighted by atomic mass is 9.83. The topological polar surface area (TPSA) is 121 Å². The minimum Gasteiger partial charge on any atom is -0.479 e. The quantitative estimate of drug-likeness (QED) is 0.281. The Kier molecular flexibility index (Phi) is 6.48. The van der Waals surface area contributed by atoms with Crippen LogP contribution in [-0.2, 0) is 25.4 Å². The summed E-state index contributed by atoms with van der Waals surface area (Å²) in [6.45, 7) is 3.57. The van der Waals surface area contributed by atoms with Crippen molar-refractivity contribution in [1.29, 1.82) is 0 Å². The molecule has 4 rings (SSSR count). The number of nitrogens with zero attached hydrogens (tertiary/aromatic N) is 2. The molecule has 2 aliphatic heterocycles. The van der Waals surface area contributed by atoms with Crippen LogP contribution in [0.4, 0.5) is 11.4 Å². The van der Waals surface area contributed by atoms with Gasteiger partial charge in [-0.05, 0) is 31.5 Å². The molecule has 0 saturated carbocycles. The number of hydrogen-bond acceptors (Lipinski definition) is 9. The fraction of sp³-hybridized carbons (Fsp3) is 0.458. The summed E-state index contributed by atoms with van der Waals surface area (Å²) >= 11 is 0. The predicted molar refractivity (Wildman–Crippen MR) is 122 cm³/mol. The summed E-state index contributed by atoms with van der Waals surface area (Å²) in [7, 11) is 2.87. The molecule has 0 bridgehead atoms. The second-order valence-corrected chi connectivity index (χ2v) is 8.47. The van der Waals surface area contributed by atoms with Gasteiger partial charge in [-0.25, -0.2) is 4.79 Å². The standard InChI is InChI=1S/C24H28N2O8/c1-5-33-22(28)18-12-14-8-6-7-9-17(14)25(18)20-16-13-15(26(29)30)10-11-19(16)34-24(2,21(20)27)23(31-3)32-4/h6-11,13,18,20-21,23,27H,5,12H2,1-4H3/t18-,20+,21-,24-/m0/s1. The highest BCUT2D eigenvalue weighted by atomic mass is 16.7. The molecule has 0 radical (unpaired) electrons. The van der Waals surface area contributed by atoms with E-state index in [9.17, 15) is 20.0 Å². The number of carbonyl (C=O) groups excluding carboxylic acids is 1. The molecule has 2 aromatic carbocycles. The molecule has 0 aliphatic carbocycles. The van der Waals surface area contributed by atoms with Gasteiger partial charge in [0.05, 0.1) is 17.6 Å². The van der Waals surface area contributed by atoms with E-state index in [0.29, 0.717) is 17.7 Å². The predicted octanol–water partition coefficient (Wildman–Crippen LogP) is 2.76. The fourth-order valence-corrected chi connectivity index (χ4v) is 5.00. The van der Waals surface area contributed by atoms with Gasteiger partial charge in [0.15, 0.2) is 11.9 Å². The SMILES string of the molecule is CCOC(=O)[C@@H]1Cc2ccccc2N1[C@@H]1c2cc([N+](=O)[O-])ccc2O[C@](C)(C(OC)OC)[C@H]1O. The number of esters is 1. The number of hydrogen-bond donors (Lipinski definition) is 1. The molecule has 0 fully saturated rings. The lowest BCUT2D eigenvalue weighted by molar-refractivity contribution is -0.385. The number of non-ortho nitro benzene ring substituents is 1. The number of benzene rings is 2. The van der Waals surface area contributed by atoms with Gasteiger partial charge in [0.1, 0.15) is 17.9 Å². The first-order valence-corrected chi connectivity index (χ1v) is 11.0. The summed E-state index contributed by atoms with van der Waals surface area (Å²) in [5.41, 5.74) is 0.476. The number of aliphatic hydroxyl groups is 1. The molecule has 34 heavy (non-hydrogen) atoms. The first-order valence-electron chi connectivity index (χ1n) is 11.0. The second kappa shape index (κ2) is 9.21. The van der Waals surface area contributed by atoms with Crippen LogP contribution in [0.2, 0.25) is 0 Å². The number of rotatable bonds is 7. The minimum atomic E-state index is -1.39. The summed E-state index contributed by atoms with van der Waals surface area (Å²) in [5.74, 6) is -0.115. The fourth-order valence-electron chi connectivity index (χ4n) is 5.00. The molecule has 10 heteroatoms. The zero-order valence-electron chi connectivity index (χ0n) is 19.5. The van der Waals surface area contributed by atoms with Gasteiger partial charge in [0, 0.05) is 44.0 Å². The van der Waals surface area contributed by atoms with Crippen LogP contribution in [-0.4, -0.2) is 60.9 Å². The number of nitro benzene ring substituents is 1. The summed E-state index contributed by atoms with van der Waals surface area (Å²) in [6, 6.07) is 10.1. The first-order chi connectivity index (χ1) is 16.3. The molecule has 0 saturated heterocycles.